The molecule has 3 rings (SSSR count). The number of likely N-dealkylation sites (tertiary alicyclic amines) is 1. The van der Waals surface area contributed by atoms with Gasteiger partial charge in [-0.15, -0.1) is 0 Å². The first kappa shape index (κ1) is 15.8. The van der Waals surface area contributed by atoms with E-state index in [-0.39, 0.29) is 0 Å². The van der Waals surface area contributed by atoms with Crippen molar-refractivity contribution in [2.45, 2.75) is 84.2 Å². The Morgan fingerprint density at radius 1 is 1.05 bits per heavy atom. The fourth-order valence-electron chi connectivity index (χ4n) is 5.63. The van der Waals surface area contributed by atoms with E-state index in [4.69, 9.17) is 0 Å². The molecule has 2 heteroatoms. The third kappa shape index (κ3) is 3.32. The third-order valence-electron chi connectivity index (χ3n) is 6.72. The van der Waals surface area contributed by atoms with E-state index in [1.54, 1.807) is 0 Å². The van der Waals surface area contributed by atoms with Crippen molar-refractivity contribution in [2.75, 3.05) is 19.6 Å². The molecule has 2 aliphatic carbocycles. The van der Waals surface area contributed by atoms with Crippen LogP contribution in [0.25, 0.3) is 0 Å². The highest BCUT2D eigenvalue weighted by Gasteiger charge is 2.43. The third-order valence-corrected chi connectivity index (χ3v) is 6.72. The Labute approximate surface area is 132 Å². The van der Waals surface area contributed by atoms with Crippen molar-refractivity contribution >= 4 is 0 Å². The van der Waals surface area contributed by atoms with Crippen molar-refractivity contribution in [3.63, 3.8) is 0 Å². The summed E-state index contributed by atoms with van der Waals surface area (Å²) in [5.41, 5.74) is 0.489. The van der Waals surface area contributed by atoms with Gasteiger partial charge in [0.2, 0.25) is 0 Å². The highest BCUT2D eigenvalue weighted by Crippen LogP contribution is 2.43. The summed E-state index contributed by atoms with van der Waals surface area (Å²) >= 11 is 0. The van der Waals surface area contributed by atoms with Gasteiger partial charge < -0.3 is 5.32 Å². The van der Waals surface area contributed by atoms with E-state index in [0.29, 0.717) is 5.41 Å². The lowest BCUT2D eigenvalue weighted by atomic mass is 9.84. The Hall–Kier alpha value is -0.0800. The average molecular weight is 293 g/mol. The van der Waals surface area contributed by atoms with Gasteiger partial charge in [0.25, 0.3) is 0 Å². The van der Waals surface area contributed by atoms with Crippen molar-refractivity contribution in [1.29, 1.82) is 0 Å². The molecule has 122 valence electrons. The first-order valence-corrected chi connectivity index (χ1v) is 9.59. The molecule has 1 aliphatic heterocycles. The second kappa shape index (κ2) is 6.58. The molecule has 0 amide bonds. The lowest BCUT2D eigenvalue weighted by molar-refractivity contribution is 0.143. The Morgan fingerprint density at radius 3 is 2.52 bits per heavy atom. The van der Waals surface area contributed by atoms with Gasteiger partial charge >= 0.3 is 0 Å². The normalized spacial score (nSPS) is 37.6. The van der Waals surface area contributed by atoms with Gasteiger partial charge in [-0.2, -0.15) is 0 Å². The second-order valence-corrected chi connectivity index (χ2v) is 8.57. The van der Waals surface area contributed by atoms with Gasteiger partial charge in [-0.25, -0.2) is 0 Å². The van der Waals surface area contributed by atoms with Gasteiger partial charge in [0.05, 0.1) is 0 Å². The molecule has 3 unspecified atom stereocenters. The Balaban J connectivity index is 1.62. The molecule has 0 aromatic rings. The second-order valence-electron chi connectivity index (χ2n) is 8.57. The van der Waals surface area contributed by atoms with Crippen LogP contribution in [-0.4, -0.2) is 36.6 Å². The van der Waals surface area contributed by atoms with Crippen LogP contribution < -0.4 is 5.32 Å². The number of nitrogens with one attached hydrogen (secondary N) is 1. The number of nitrogens with zero attached hydrogens (tertiary/aromatic N) is 1. The average Bonchev–Trinajstić information content (AvgIpc) is 3.15. The minimum Gasteiger partial charge on any atom is -0.313 e. The van der Waals surface area contributed by atoms with E-state index in [1.165, 1.54) is 64.5 Å². The van der Waals surface area contributed by atoms with Crippen molar-refractivity contribution in [1.82, 2.24) is 10.2 Å². The summed E-state index contributed by atoms with van der Waals surface area (Å²) in [6, 6.07) is 1.66. The molecule has 0 spiro atoms. The van der Waals surface area contributed by atoms with Crippen LogP contribution in [0, 0.1) is 17.3 Å². The van der Waals surface area contributed by atoms with Crippen molar-refractivity contribution < 1.29 is 0 Å². The minimum atomic E-state index is 0.489. The first-order valence-electron chi connectivity index (χ1n) is 9.59. The van der Waals surface area contributed by atoms with Crippen molar-refractivity contribution in [2.24, 2.45) is 17.3 Å². The SMILES string of the molecule is CCNC1C(CN2CCCC2C2CCCC2)CCC1(C)C. The Bertz CT molecular complexity index is 332. The molecule has 2 nitrogen and oxygen atoms in total. The topological polar surface area (TPSA) is 15.3 Å². The standard InChI is InChI=1S/C19H36N2/c1-4-20-18-16(11-12-19(18,2)3)14-21-13-7-10-17(21)15-8-5-6-9-15/h15-18,20H,4-14H2,1-3H3. The van der Waals surface area contributed by atoms with E-state index in [9.17, 15) is 0 Å². The summed E-state index contributed by atoms with van der Waals surface area (Å²) < 4.78 is 0. The van der Waals surface area contributed by atoms with E-state index in [1.807, 2.05) is 0 Å². The molecule has 3 aliphatic rings. The van der Waals surface area contributed by atoms with Crippen molar-refractivity contribution in [3.8, 4) is 0 Å². The fourth-order valence-corrected chi connectivity index (χ4v) is 5.63. The molecule has 1 heterocycles. The molecule has 3 fully saturated rings. The number of hydrogen-bond acceptors (Lipinski definition) is 2. The predicted octanol–water partition coefficient (Wildman–Crippen LogP) is 4.06. The van der Waals surface area contributed by atoms with Crippen LogP contribution in [0.2, 0.25) is 0 Å². The highest BCUT2D eigenvalue weighted by molar-refractivity contribution is 4.98. The summed E-state index contributed by atoms with van der Waals surface area (Å²) in [6.07, 6.45) is 11.8. The molecule has 3 atom stereocenters. The lowest BCUT2D eigenvalue weighted by Crippen LogP contribution is -2.47. The van der Waals surface area contributed by atoms with Crippen molar-refractivity contribution in [3.05, 3.63) is 0 Å². The molecular weight excluding hydrogens is 256 g/mol. The predicted molar refractivity (Wildman–Crippen MR) is 90.5 cm³/mol. The van der Waals surface area contributed by atoms with E-state index >= 15 is 0 Å². The monoisotopic (exact) mass is 292 g/mol. The van der Waals surface area contributed by atoms with Crippen LogP contribution in [0.4, 0.5) is 0 Å². The quantitative estimate of drug-likeness (QED) is 0.822. The van der Waals surface area contributed by atoms with Crippen LogP contribution in [-0.2, 0) is 0 Å². The lowest BCUT2D eigenvalue weighted by Gasteiger charge is -2.36. The summed E-state index contributed by atoms with van der Waals surface area (Å²) in [6.45, 7) is 11.1. The molecule has 0 radical (unpaired) electrons. The Kier molecular flexibility index (Phi) is 4.95. The van der Waals surface area contributed by atoms with Crippen LogP contribution in [0.3, 0.4) is 0 Å². The number of hydrogen-bond donors (Lipinski definition) is 1. The Morgan fingerprint density at radius 2 is 1.81 bits per heavy atom. The highest BCUT2D eigenvalue weighted by atomic mass is 15.2. The van der Waals surface area contributed by atoms with Crippen LogP contribution >= 0.6 is 0 Å². The van der Waals surface area contributed by atoms with Crippen LogP contribution in [0.15, 0.2) is 0 Å². The summed E-state index contributed by atoms with van der Waals surface area (Å²) in [7, 11) is 0. The maximum absolute atomic E-state index is 3.82. The molecule has 0 bridgehead atoms. The minimum absolute atomic E-state index is 0.489. The largest absolute Gasteiger partial charge is 0.313 e. The van der Waals surface area contributed by atoms with E-state index in [0.717, 1.165) is 30.5 Å². The summed E-state index contributed by atoms with van der Waals surface area (Å²) in [4.78, 5) is 2.90. The molecule has 1 saturated heterocycles. The van der Waals surface area contributed by atoms with Gasteiger partial charge in [-0.3, -0.25) is 4.90 Å². The van der Waals surface area contributed by atoms with Gasteiger partial charge in [-0.1, -0.05) is 33.6 Å². The van der Waals surface area contributed by atoms with Crippen LogP contribution in [0.5, 0.6) is 0 Å². The molecule has 0 aromatic heterocycles. The van der Waals surface area contributed by atoms with Crippen LogP contribution in [0.1, 0.15) is 72.1 Å². The first-order chi connectivity index (χ1) is 10.1. The maximum atomic E-state index is 3.82. The van der Waals surface area contributed by atoms with E-state index < -0.39 is 0 Å². The van der Waals surface area contributed by atoms with E-state index in [2.05, 4.69) is 31.0 Å². The zero-order chi connectivity index (χ0) is 14.9. The molecular formula is C19H36N2. The maximum Gasteiger partial charge on any atom is 0.0159 e. The zero-order valence-corrected chi connectivity index (χ0v) is 14.5. The fraction of sp³-hybridized carbons (Fsp3) is 1.00. The summed E-state index contributed by atoms with van der Waals surface area (Å²) in [5.74, 6) is 1.90. The molecule has 21 heavy (non-hydrogen) atoms. The van der Waals surface area contributed by atoms with Gasteiger partial charge in [0.15, 0.2) is 0 Å². The zero-order valence-electron chi connectivity index (χ0n) is 14.5. The summed E-state index contributed by atoms with van der Waals surface area (Å²) in [5, 5.41) is 3.82. The molecule has 0 aromatic carbocycles. The van der Waals surface area contributed by atoms with Gasteiger partial charge in [-0.05, 0) is 68.9 Å². The molecule has 2 saturated carbocycles. The van der Waals surface area contributed by atoms with Gasteiger partial charge in [0, 0.05) is 18.6 Å². The van der Waals surface area contributed by atoms with Gasteiger partial charge in [0.1, 0.15) is 0 Å². The number of rotatable bonds is 5. The molecule has 1 N–H and O–H groups in total. The smallest absolute Gasteiger partial charge is 0.0159 e.